The lowest BCUT2D eigenvalue weighted by Gasteiger charge is -2.04. The molecular formula is C19H16N2O2. The molecule has 0 saturated heterocycles. The summed E-state index contributed by atoms with van der Waals surface area (Å²) in [6.45, 7) is -0.0543. The van der Waals surface area contributed by atoms with Gasteiger partial charge in [0.2, 0.25) is 5.91 Å². The average molecular weight is 304 g/mol. The van der Waals surface area contributed by atoms with Crippen molar-refractivity contribution in [2.75, 3.05) is 5.32 Å². The van der Waals surface area contributed by atoms with Crippen LogP contribution in [0.4, 0.5) is 5.69 Å². The van der Waals surface area contributed by atoms with Gasteiger partial charge in [-0.05, 0) is 29.8 Å². The van der Waals surface area contributed by atoms with Crippen LogP contribution in [-0.4, -0.2) is 16.0 Å². The highest BCUT2D eigenvalue weighted by Crippen LogP contribution is 2.17. The number of amides is 1. The summed E-state index contributed by atoms with van der Waals surface area (Å²) >= 11 is 0. The Morgan fingerprint density at radius 3 is 2.83 bits per heavy atom. The second-order valence-electron chi connectivity index (χ2n) is 5.10. The third-order valence-electron chi connectivity index (χ3n) is 3.46. The predicted molar refractivity (Wildman–Crippen MR) is 91.8 cm³/mol. The SMILES string of the molecule is O=C(/C=C/c1cccc2cccnc12)Nc1cccc(CO)c1. The summed E-state index contributed by atoms with van der Waals surface area (Å²) < 4.78 is 0. The van der Waals surface area contributed by atoms with Crippen molar-refractivity contribution in [3.63, 3.8) is 0 Å². The van der Waals surface area contributed by atoms with Crippen LogP contribution in [-0.2, 0) is 11.4 Å². The summed E-state index contributed by atoms with van der Waals surface area (Å²) in [5.74, 6) is -0.229. The molecule has 0 unspecified atom stereocenters. The minimum atomic E-state index is -0.229. The first-order valence-corrected chi connectivity index (χ1v) is 7.29. The van der Waals surface area contributed by atoms with Crippen molar-refractivity contribution in [2.45, 2.75) is 6.61 Å². The number of nitrogens with zero attached hydrogens (tertiary/aromatic N) is 1. The van der Waals surface area contributed by atoms with Crippen LogP contribution >= 0.6 is 0 Å². The zero-order chi connectivity index (χ0) is 16.1. The molecule has 0 bridgehead atoms. The Kier molecular flexibility index (Phi) is 4.45. The standard InChI is InChI=1S/C19H16N2O2/c22-13-14-4-1-8-17(12-14)21-18(23)10-9-16-6-2-5-15-7-3-11-20-19(15)16/h1-12,22H,13H2,(H,21,23)/b10-9+. The smallest absolute Gasteiger partial charge is 0.248 e. The number of hydrogen-bond donors (Lipinski definition) is 2. The Morgan fingerprint density at radius 1 is 1.13 bits per heavy atom. The van der Waals surface area contributed by atoms with E-state index in [9.17, 15) is 4.79 Å². The highest BCUT2D eigenvalue weighted by atomic mass is 16.3. The van der Waals surface area contributed by atoms with Crippen molar-refractivity contribution < 1.29 is 9.90 Å². The predicted octanol–water partition coefficient (Wildman–Crippen LogP) is 3.38. The molecule has 0 spiro atoms. The van der Waals surface area contributed by atoms with Crippen LogP contribution in [0.2, 0.25) is 0 Å². The van der Waals surface area contributed by atoms with Crippen molar-refractivity contribution >= 4 is 28.6 Å². The highest BCUT2D eigenvalue weighted by molar-refractivity contribution is 6.03. The molecular weight excluding hydrogens is 288 g/mol. The van der Waals surface area contributed by atoms with Crippen LogP contribution in [0.5, 0.6) is 0 Å². The molecule has 1 amide bonds. The van der Waals surface area contributed by atoms with Gasteiger partial charge in [0.05, 0.1) is 12.1 Å². The Balaban J connectivity index is 1.77. The van der Waals surface area contributed by atoms with Crippen molar-refractivity contribution in [2.24, 2.45) is 0 Å². The zero-order valence-electron chi connectivity index (χ0n) is 12.4. The molecule has 4 heteroatoms. The maximum atomic E-state index is 12.0. The normalized spacial score (nSPS) is 11.0. The molecule has 3 rings (SSSR count). The first-order chi connectivity index (χ1) is 11.3. The fourth-order valence-corrected chi connectivity index (χ4v) is 2.36. The number of aliphatic hydroxyl groups excluding tert-OH is 1. The third-order valence-corrected chi connectivity index (χ3v) is 3.46. The molecule has 0 fully saturated rings. The summed E-state index contributed by atoms with van der Waals surface area (Å²) in [6, 6.07) is 16.8. The topological polar surface area (TPSA) is 62.2 Å². The monoisotopic (exact) mass is 304 g/mol. The van der Waals surface area contributed by atoms with E-state index in [4.69, 9.17) is 5.11 Å². The molecule has 0 aliphatic carbocycles. The number of aromatic nitrogens is 1. The van der Waals surface area contributed by atoms with Crippen LogP contribution in [0, 0.1) is 0 Å². The molecule has 3 aromatic rings. The van der Waals surface area contributed by atoms with Crippen molar-refractivity contribution in [1.29, 1.82) is 0 Å². The second kappa shape index (κ2) is 6.85. The Bertz CT molecular complexity index is 867. The van der Waals surface area contributed by atoms with Gasteiger partial charge in [0.25, 0.3) is 0 Å². The maximum Gasteiger partial charge on any atom is 0.248 e. The fraction of sp³-hybridized carbons (Fsp3) is 0.0526. The van der Waals surface area contributed by atoms with Crippen LogP contribution < -0.4 is 5.32 Å². The molecule has 0 aliphatic heterocycles. The lowest BCUT2D eigenvalue weighted by atomic mass is 10.1. The molecule has 0 saturated carbocycles. The van der Waals surface area contributed by atoms with Gasteiger partial charge in [-0.3, -0.25) is 9.78 Å². The largest absolute Gasteiger partial charge is 0.392 e. The van der Waals surface area contributed by atoms with E-state index in [0.717, 1.165) is 22.0 Å². The van der Waals surface area contributed by atoms with Gasteiger partial charge >= 0.3 is 0 Å². The molecule has 1 aromatic heterocycles. The molecule has 23 heavy (non-hydrogen) atoms. The van der Waals surface area contributed by atoms with E-state index in [-0.39, 0.29) is 12.5 Å². The van der Waals surface area contributed by atoms with Gasteiger partial charge in [-0.2, -0.15) is 0 Å². The minimum Gasteiger partial charge on any atom is -0.392 e. The van der Waals surface area contributed by atoms with Gasteiger partial charge in [-0.25, -0.2) is 0 Å². The second-order valence-corrected chi connectivity index (χ2v) is 5.10. The van der Waals surface area contributed by atoms with Gasteiger partial charge in [0.1, 0.15) is 0 Å². The fourth-order valence-electron chi connectivity index (χ4n) is 2.36. The maximum absolute atomic E-state index is 12.0. The molecule has 2 aromatic carbocycles. The number of benzene rings is 2. The van der Waals surface area contributed by atoms with E-state index in [1.165, 1.54) is 6.08 Å². The summed E-state index contributed by atoms with van der Waals surface area (Å²) in [7, 11) is 0. The summed E-state index contributed by atoms with van der Waals surface area (Å²) in [5.41, 5.74) is 3.16. The van der Waals surface area contributed by atoms with Crippen LogP contribution in [0.15, 0.2) is 66.9 Å². The number of rotatable bonds is 4. The van der Waals surface area contributed by atoms with E-state index in [2.05, 4.69) is 10.3 Å². The van der Waals surface area contributed by atoms with Crippen molar-refractivity contribution in [1.82, 2.24) is 4.98 Å². The van der Waals surface area contributed by atoms with Crippen LogP contribution in [0.1, 0.15) is 11.1 Å². The van der Waals surface area contributed by atoms with E-state index in [1.807, 2.05) is 30.3 Å². The van der Waals surface area contributed by atoms with Gasteiger partial charge in [-0.1, -0.05) is 36.4 Å². The van der Waals surface area contributed by atoms with E-state index in [1.54, 1.807) is 36.5 Å². The lowest BCUT2D eigenvalue weighted by molar-refractivity contribution is -0.111. The summed E-state index contributed by atoms with van der Waals surface area (Å²) in [4.78, 5) is 16.4. The minimum absolute atomic E-state index is 0.0543. The number of carbonyl (C=O) groups excluding carboxylic acids is 1. The van der Waals surface area contributed by atoms with Crippen LogP contribution in [0.25, 0.3) is 17.0 Å². The lowest BCUT2D eigenvalue weighted by Crippen LogP contribution is -2.07. The third kappa shape index (κ3) is 3.62. The van der Waals surface area contributed by atoms with Crippen LogP contribution in [0.3, 0.4) is 0 Å². The number of fused-ring (bicyclic) bond motifs is 1. The number of para-hydroxylation sites is 1. The van der Waals surface area contributed by atoms with Gasteiger partial charge in [0.15, 0.2) is 0 Å². The molecule has 4 nitrogen and oxygen atoms in total. The van der Waals surface area contributed by atoms with Crippen molar-refractivity contribution in [3.05, 3.63) is 78.0 Å². The van der Waals surface area contributed by atoms with Crippen molar-refractivity contribution in [3.8, 4) is 0 Å². The molecule has 0 radical (unpaired) electrons. The first kappa shape index (κ1) is 14.9. The highest BCUT2D eigenvalue weighted by Gasteiger charge is 2.01. The number of nitrogens with one attached hydrogen (secondary N) is 1. The molecule has 0 atom stereocenters. The number of carbonyl (C=O) groups is 1. The average Bonchev–Trinajstić information content (AvgIpc) is 2.60. The van der Waals surface area contributed by atoms with Gasteiger partial charge < -0.3 is 10.4 Å². The Hall–Kier alpha value is -2.98. The van der Waals surface area contributed by atoms with Gasteiger partial charge in [-0.15, -0.1) is 0 Å². The number of pyridine rings is 1. The molecule has 2 N–H and O–H groups in total. The summed E-state index contributed by atoms with van der Waals surface area (Å²) in [5, 5.41) is 12.9. The van der Waals surface area contributed by atoms with E-state index >= 15 is 0 Å². The zero-order valence-corrected chi connectivity index (χ0v) is 12.4. The van der Waals surface area contributed by atoms with E-state index < -0.39 is 0 Å². The number of aliphatic hydroxyl groups is 1. The summed E-state index contributed by atoms with van der Waals surface area (Å²) in [6.07, 6.45) is 4.97. The Labute approximate surface area is 134 Å². The van der Waals surface area contributed by atoms with E-state index in [0.29, 0.717) is 5.69 Å². The van der Waals surface area contributed by atoms with Gasteiger partial charge in [0, 0.05) is 28.9 Å². The molecule has 0 aliphatic rings. The first-order valence-electron chi connectivity index (χ1n) is 7.29. The molecule has 1 heterocycles. The molecule has 114 valence electrons. The Morgan fingerprint density at radius 2 is 1.96 bits per heavy atom. The quantitative estimate of drug-likeness (QED) is 0.726. The number of hydrogen-bond acceptors (Lipinski definition) is 3. The number of anilines is 1.